The summed E-state index contributed by atoms with van der Waals surface area (Å²) in [7, 11) is 0. The van der Waals surface area contributed by atoms with Gasteiger partial charge in [0.05, 0.1) is 24.8 Å². The van der Waals surface area contributed by atoms with Gasteiger partial charge in [-0.1, -0.05) is 36.4 Å². The van der Waals surface area contributed by atoms with E-state index in [-0.39, 0.29) is 5.60 Å². The number of nitriles is 1. The Kier molecular flexibility index (Phi) is 10.7. The zero-order chi connectivity index (χ0) is 29.3. The molecule has 0 atom stereocenters. The first-order valence-electron chi connectivity index (χ1n) is 11.5. The van der Waals surface area contributed by atoms with Crippen molar-refractivity contribution in [2.45, 2.75) is 30.8 Å². The van der Waals surface area contributed by atoms with Gasteiger partial charge in [-0.3, -0.25) is 4.90 Å². The van der Waals surface area contributed by atoms with Crippen molar-refractivity contribution in [3.63, 3.8) is 0 Å². The van der Waals surface area contributed by atoms with Crippen LogP contribution in [0.3, 0.4) is 0 Å². The number of aliphatic carboxylic acids is 2. The third-order valence-corrected chi connectivity index (χ3v) is 5.89. The number of rotatable bonds is 2. The van der Waals surface area contributed by atoms with Crippen molar-refractivity contribution in [1.29, 1.82) is 5.26 Å². The molecular weight excluding hydrogens is 536 g/mol. The van der Waals surface area contributed by atoms with E-state index >= 15 is 0 Å². The van der Waals surface area contributed by atoms with E-state index in [1.54, 1.807) is 0 Å². The Hall–Kier alpha value is -3.83. The van der Waals surface area contributed by atoms with E-state index in [2.05, 4.69) is 70.5 Å². The van der Waals surface area contributed by atoms with Gasteiger partial charge in [-0.15, -0.1) is 0 Å². The number of ether oxygens (including phenoxy) is 1. The second-order valence-corrected chi connectivity index (χ2v) is 8.39. The SMILES string of the molecule is N#CCN1CCC2(CC1)OCCN(c1ccccc1)c1ccccc12.O=C(O)C(F)(F)F.O=C(O)C(F)(F)F. The summed E-state index contributed by atoms with van der Waals surface area (Å²) in [4.78, 5) is 22.4. The summed E-state index contributed by atoms with van der Waals surface area (Å²) in [5.41, 5.74) is 3.51. The molecule has 39 heavy (non-hydrogen) atoms. The van der Waals surface area contributed by atoms with Crippen LogP contribution in [0.1, 0.15) is 18.4 Å². The van der Waals surface area contributed by atoms with Crippen LogP contribution in [0.25, 0.3) is 0 Å². The number of carboxylic acids is 2. The maximum atomic E-state index is 10.6. The molecule has 0 amide bonds. The molecule has 0 bridgehead atoms. The molecule has 2 aromatic rings. The first-order chi connectivity index (χ1) is 18.2. The van der Waals surface area contributed by atoms with E-state index in [1.807, 2.05) is 0 Å². The Bertz CT molecular complexity index is 1120. The number of hydrogen-bond donors (Lipinski definition) is 2. The number of para-hydroxylation sites is 2. The highest BCUT2D eigenvalue weighted by molar-refractivity contribution is 5.73. The number of carboxylic acid groups (broad SMARTS) is 2. The Balaban J connectivity index is 0.000000317. The molecule has 2 aliphatic rings. The van der Waals surface area contributed by atoms with E-state index in [9.17, 15) is 26.3 Å². The van der Waals surface area contributed by atoms with Gasteiger partial charge in [-0.2, -0.15) is 31.6 Å². The molecule has 1 spiro atoms. The minimum atomic E-state index is -5.08. The van der Waals surface area contributed by atoms with Gasteiger partial charge in [-0.25, -0.2) is 9.59 Å². The molecule has 212 valence electrons. The minimum Gasteiger partial charge on any atom is -0.475 e. The van der Waals surface area contributed by atoms with Gasteiger partial charge in [0.1, 0.15) is 0 Å². The molecule has 2 aliphatic heterocycles. The molecule has 2 heterocycles. The summed E-state index contributed by atoms with van der Waals surface area (Å²) in [6, 6.07) is 21.4. The molecule has 1 fully saturated rings. The fraction of sp³-hybridized carbons (Fsp3) is 0.400. The Morgan fingerprint density at radius 2 is 1.36 bits per heavy atom. The van der Waals surface area contributed by atoms with Crippen LogP contribution in [0.15, 0.2) is 54.6 Å². The number of halogens is 6. The number of carbonyl (C=O) groups is 2. The lowest BCUT2D eigenvalue weighted by molar-refractivity contribution is -0.193. The van der Waals surface area contributed by atoms with Crippen LogP contribution in [0.5, 0.6) is 0 Å². The first-order valence-corrected chi connectivity index (χ1v) is 11.5. The van der Waals surface area contributed by atoms with E-state index < -0.39 is 24.3 Å². The molecule has 2 N–H and O–H groups in total. The monoisotopic (exact) mass is 561 g/mol. The quantitative estimate of drug-likeness (QED) is 0.392. The second-order valence-electron chi connectivity index (χ2n) is 8.39. The Morgan fingerprint density at radius 3 is 1.85 bits per heavy atom. The van der Waals surface area contributed by atoms with Crippen LogP contribution in [-0.4, -0.2) is 72.2 Å². The van der Waals surface area contributed by atoms with Crippen molar-refractivity contribution in [2.24, 2.45) is 0 Å². The predicted octanol–water partition coefficient (Wildman–Crippen LogP) is 4.94. The van der Waals surface area contributed by atoms with Crippen molar-refractivity contribution >= 4 is 23.3 Å². The van der Waals surface area contributed by atoms with Crippen LogP contribution >= 0.6 is 0 Å². The highest BCUT2D eigenvalue weighted by Crippen LogP contribution is 2.44. The molecule has 2 aromatic carbocycles. The lowest BCUT2D eigenvalue weighted by Gasteiger charge is -2.41. The molecular formula is C25H25F6N3O5. The average Bonchev–Trinajstić information content (AvgIpc) is 3.03. The maximum Gasteiger partial charge on any atom is 0.490 e. The van der Waals surface area contributed by atoms with E-state index in [1.165, 1.54) is 16.9 Å². The number of likely N-dealkylation sites (tertiary alicyclic amines) is 1. The smallest absolute Gasteiger partial charge is 0.475 e. The second kappa shape index (κ2) is 13.3. The van der Waals surface area contributed by atoms with Gasteiger partial charge in [-0.05, 0) is 31.0 Å². The van der Waals surface area contributed by atoms with Crippen molar-refractivity contribution < 1.29 is 50.9 Å². The normalized spacial score (nSPS) is 16.8. The van der Waals surface area contributed by atoms with Crippen LogP contribution < -0.4 is 4.90 Å². The molecule has 4 rings (SSSR count). The van der Waals surface area contributed by atoms with Gasteiger partial charge in [0.15, 0.2) is 0 Å². The standard InChI is InChI=1S/C21H23N3O.2C2HF3O2/c22-12-15-23-13-10-21(11-14-23)19-8-4-5-9-20(19)24(16-17-25-21)18-6-2-1-3-7-18;2*3-2(4,5)1(6)7/h1-9H,10-11,13-17H2;2*(H,6,7). The molecule has 0 radical (unpaired) electrons. The van der Waals surface area contributed by atoms with Crippen molar-refractivity contribution in [3.05, 3.63) is 60.2 Å². The summed E-state index contributed by atoms with van der Waals surface area (Å²) in [5.74, 6) is -5.51. The zero-order valence-electron chi connectivity index (χ0n) is 20.4. The summed E-state index contributed by atoms with van der Waals surface area (Å²) in [5, 5.41) is 23.2. The van der Waals surface area contributed by atoms with Crippen LogP contribution in [-0.2, 0) is 19.9 Å². The molecule has 14 heteroatoms. The van der Waals surface area contributed by atoms with Crippen LogP contribution in [0.4, 0.5) is 37.7 Å². The first kappa shape index (κ1) is 31.4. The van der Waals surface area contributed by atoms with Gasteiger partial charge in [0.25, 0.3) is 0 Å². The van der Waals surface area contributed by atoms with Crippen molar-refractivity contribution in [1.82, 2.24) is 4.90 Å². The number of piperidine rings is 1. The summed E-state index contributed by atoms with van der Waals surface area (Å²) < 4.78 is 70.0. The molecule has 0 saturated carbocycles. The van der Waals surface area contributed by atoms with Crippen molar-refractivity contribution in [3.8, 4) is 6.07 Å². The van der Waals surface area contributed by atoms with Crippen LogP contribution in [0.2, 0.25) is 0 Å². The molecule has 8 nitrogen and oxygen atoms in total. The number of anilines is 2. The molecule has 0 aliphatic carbocycles. The number of fused-ring (bicyclic) bond motifs is 2. The molecule has 1 saturated heterocycles. The summed E-state index contributed by atoms with van der Waals surface area (Å²) >= 11 is 0. The van der Waals surface area contributed by atoms with Gasteiger partial charge >= 0.3 is 24.3 Å². The van der Waals surface area contributed by atoms with Gasteiger partial charge < -0.3 is 19.8 Å². The third kappa shape index (κ3) is 8.86. The minimum absolute atomic E-state index is 0.230. The van der Waals surface area contributed by atoms with Gasteiger partial charge in [0, 0.05) is 36.6 Å². The van der Waals surface area contributed by atoms with Crippen LogP contribution in [0, 0.1) is 11.3 Å². The fourth-order valence-electron chi connectivity index (χ4n) is 4.09. The molecule has 0 aromatic heterocycles. The lowest BCUT2D eigenvalue weighted by Crippen LogP contribution is -2.44. The number of benzene rings is 2. The summed E-state index contributed by atoms with van der Waals surface area (Å²) in [6.07, 6.45) is -8.29. The lowest BCUT2D eigenvalue weighted by atomic mass is 9.83. The highest BCUT2D eigenvalue weighted by Gasteiger charge is 2.41. The number of alkyl halides is 6. The van der Waals surface area contributed by atoms with E-state index in [4.69, 9.17) is 29.8 Å². The molecule has 0 unspecified atom stereocenters. The average molecular weight is 561 g/mol. The fourth-order valence-corrected chi connectivity index (χ4v) is 4.09. The van der Waals surface area contributed by atoms with E-state index in [0.717, 1.165) is 32.5 Å². The number of hydrogen-bond acceptors (Lipinski definition) is 6. The number of nitrogens with zero attached hydrogens (tertiary/aromatic N) is 3. The van der Waals surface area contributed by atoms with Crippen molar-refractivity contribution in [2.75, 3.05) is 37.7 Å². The zero-order valence-corrected chi connectivity index (χ0v) is 20.4. The Morgan fingerprint density at radius 1 is 0.872 bits per heavy atom. The maximum absolute atomic E-state index is 10.6. The highest BCUT2D eigenvalue weighted by atomic mass is 19.4. The third-order valence-electron chi connectivity index (χ3n) is 5.89. The largest absolute Gasteiger partial charge is 0.490 e. The van der Waals surface area contributed by atoms with E-state index in [0.29, 0.717) is 13.2 Å². The predicted molar refractivity (Wildman–Crippen MR) is 126 cm³/mol. The summed E-state index contributed by atoms with van der Waals surface area (Å²) in [6.45, 7) is 3.89. The van der Waals surface area contributed by atoms with Gasteiger partial charge in [0.2, 0.25) is 0 Å². The Labute approximate surface area is 219 Å². The topological polar surface area (TPSA) is 114 Å².